The number of anilines is 2. The lowest BCUT2D eigenvalue weighted by atomic mass is 10.2. The predicted molar refractivity (Wildman–Crippen MR) is 105 cm³/mol. The van der Waals surface area contributed by atoms with Crippen molar-refractivity contribution in [3.05, 3.63) is 40.9 Å². The molecule has 0 radical (unpaired) electrons. The second-order valence-corrected chi connectivity index (χ2v) is 7.32. The molecule has 0 aliphatic carbocycles. The Labute approximate surface area is 162 Å². The third-order valence-electron chi connectivity index (χ3n) is 4.29. The normalized spacial score (nSPS) is 14.8. The Hall–Kier alpha value is -2.14. The van der Waals surface area contributed by atoms with Crippen LogP contribution < -0.4 is 9.80 Å². The molecule has 0 atom stereocenters. The number of piperazine rings is 1. The van der Waals surface area contributed by atoms with Gasteiger partial charge in [-0.05, 0) is 18.2 Å². The molecule has 0 N–H and O–H groups in total. The minimum atomic E-state index is -0.00906. The number of benzene rings is 1. The summed E-state index contributed by atoms with van der Waals surface area (Å²) in [5.74, 6) is -0.00906. The topological polar surface area (TPSA) is 63.5 Å². The lowest BCUT2D eigenvalue weighted by Crippen LogP contribution is -2.50. The Balaban J connectivity index is 1.60. The van der Waals surface area contributed by atoms with Crippen LogP contribution >= 0.6 is 22.9 Å². The standard InChI is InChI=1S/C18H20ClN5OS/c19-15-3-1-4-16(13-15)24(7-2-5-20)17(25)14-22-8-10-23(11-9-22)18-21-6-12-26-18/h1,3-4,6,12-13H,2,7-11,14H2. The zero-order chi connectivity index (χ0) is 18.4. The molecule has 1 amide bonds. The maximum absolute atomic E-state index is 12.8. The molecule has 0 spiro atoms. The number of rotatable bonds is 6. The molecular weight excluding hydrogens is 370 g/mol. The van der Waals surface area contributed by atoms with Crippen LogP contribution in [0.3, 0.4) is 0 Å². The molecule has 1 saturated heterocycles. The summed E-state index contributed by atoms with van der Waals surface area (Å²) in [4.78, 5) is 23.2. The first-order valence-corrected chi connectivity index (χ1v) is 9.73. The number of thiazole rings is 1. The highest BCUT2D eigenvalue weighted by atomic mass is 35.5. The number of nitrogens with zero attached hydrogens (tertiary/aromatic N) is 5. The van der Waals surface area contributed by atoms with Gasteiger partial charge in [-0.3, -0.25) is 9.69 Å². The number of aromatic nitrogens is 1. The first-order valence-electron chi connectivity index (χ1n) is 8.47. The molecule has 0 saturated carbocycles. The highest BCUT2D eigenvalue weighted by Gasteiger charge is 2.23. The number of carbonyl (C=O) groups excluding carboxylic acids is 1. The lowest BCUT2D eigenvalue weighted by molar-refractivity contribution is -0.119. The zero-order valence-corrected chi connectivity index (χ0v) is 15.9. The first kappa shape index (κ1) is 18.6. The molecule has 2 aromatic rings. The van der Waals surface area contributed by atoms with E-state index in [2.05, 4.69) is 20.9 Å². The fourth-order valence-electron chi connectivity index (χ4n) is 2.95. The van der Waals surface area contributed by atoms with E-state index in [1.165, 1.54) is 0 Å². The molecule has 1 aromatic heterocycles. The molecule has 26 heavy (non-hydrogen) atoms. The summed E-state index contributed by atoms with van der Waals surface area (Å²) < 4.78 is 0. The van der Waals surface area contributed by atoms with E-state index in [9.17, 15) is 4.79 Å². The van der Waals surface area contributed by atoms with Crippen LogP contribution in [0.5, 0.6) is 0 Å². The summed E-state index contributed by atoms with van der Waals surface area (Å²) in [6, 6.07) is 9.31. The van der Waals surface area contributed by atoms with Crippen LogP contribution in [-0.4, -0.2) is 55.1 Å². The van der Waals surface area contributed by atoms with E-state index in [-0.39, 0.29) is 12.3 Å². The van der Waals surface area contributed by atoms with Crippen LogP contribution in [0, 0.1) is 11.3 Å². The summed E-state index contributed by atoms with van der Waals surface area (Å²) in [5, 5.41) is 12.5. The summed E-state index contributed by atoms with van der Waals surface area (Å²) in [5.41, 5.74) is 0.735. The molecule has 1 aliphatic rings. The molecule has 0 bridgehead atoms. The van der Waals surface area contributed by atoms with Crippen LogP contribution in [0.2, 0.25) is 5.02 Å². The highest BCUT2D eigenvalue weighted by Crippen LogP contribution is 2.21. The van der Waals surface area contributed by atoms with Crippen molar-refractivity contribution in [1.29, 1.82) is 5.26 Å². The van der Waals surface area contributed by atoms with Crippen molar-refractivity contribution < 1.29 is 4.79 Å². The van der Waals surface area contributed by atoms with Gasteiger partial charge in [0, 0.05) is 55.0 Å². The molecule has 136 valence electrons. The highest BCUT2D eigenvalue weighted by molar-refractivity contribution is 7.13. The number of carbonyl (C=O) groups is 1. The van der Waals surface area contributed by atoms with Crippen LogP contribution in [-0.2, 0) is 4.79 Å². The maximum atomic E-state index is 12.8. The van der Waals surface area contributed by atoms with E-state index in [0.29, 0.717) is 18.1 Å². The Morgan fingerprint density at radius 3 is 2.81 bits per heavy atom. The minimum Gasteiger partial charge on any atom is -0.346 e. The minimum absolute atomic E-state index is 0.00906. The van der Waals surface area contributed by atoms with Crippen molar-refractivity contribution in [3.63, 3.8) is 0 Å². The van der Waals surface area contributed by atoms with Gasteiger partial charge < -0.3 is 9.80 Å². The SMILES string of the molecule is N#CCCN(C(=O)CN1CCN(c2nccs2)CC1)c1cccc(Cl)c1. The average Bonchev–Trinajstić information content (AvgIpc) is 3.17. The molecule has 8 heteroatoms. The van der Waals surface area contributed by atoms with E-state index >= 15 is 0 Å². The molecule has 3 rings (SSSR count). The summed E-state index contributed by atoms with van der Waals surface area (Å²) >= 11 is 7.70. The molecule has 1 aromatic carbocycles. The number of hydrogen-bond donors (Lipinski definition) is 0. The smallest absolute Gasteiger partial charge is 0.241 e. The Morgan fingerprint density at radius 1 is 1.35 bits per heavy atom. The predicted octanol–water partition coefficient (Wildman–Crippen LogP) is 2.87. The quantitative estimate of drug-likeness (QED) is 0.760. The summed E-state index contributed by atoms with van der Waals surface area (Å²) in [7, 11) is 0. The monoisotopic (exact) mass is 389 g/mol. The maximum Gasteiger partial charge on any atom is 0.241 e. The number of amides is 1. The summed E-state index contributed by atoms with van der Waals surface area (Å²) in [6.45, 7) is 4.05. The molecule has 2 heterocycles. The van der Waals surface area contributed by atoms with Crippen molar-refractivity contribution in [3.8, 4) is 6.07 Å². The number of hydrogen-bond acceptors (Lipinski definition) is 6. The van der Waals surface area contributed by atoms with Crippen molar-refractivity contribution in [2.24, 2.45) is 0 Å². The second kappa shape index (κ2) is 8.99. The fraction of sp³-hybridized carbons (Fsp3) is 0.389. The van der Waals surface area contributed by atoms with Gasteiger partial charge in [0.05, 0.1) is 19.0 Å². The van der Waals surface area contributed by atoms with Gasteiger partial charge in [-0.1, -0.05) is 17.7 Å². The lowest BCUT2D eigenvalue weighted by Gasteiger charge is -2.35. The van der Waals surface area contributed by atoms with Crippen LogP contribution in [0.25, 0.3) is 0 Å². The number of halogens is 1. The van der Waals surface area contributed by atoms with Crippen LogP contribution in [0.15, 0.2) is 35.8 Å². The molecule has 6 nitrogen and oxygen atoms in total. The van der Waals surface area contributed by atoms with E-state index in [1.54, 1.807) is 28.4 Å². The Kier molecular flexibility index (Phi) is 6.45. The van der Waals surface area contributed by atoms with Gasteiger partial charge >= 0.3 is 0 Å². The van der Waals surface area contributed by atoms with Gasteiger partial charge in [0.1, 0.15) is 0 Å². The second-order valence-electron chi connectivity index (χ2n) is 6.01. The van der Waals surface area contributed by atoms with Crippen molar-refractivity contribution in [1.82, 2.24) is 9.88 Å². The average molecular weight is 390 g/mol. The van der Waals surface area contributed by atoms with Crippen molar-refractivity contribution in [2.75, 3.05) is 49.1 Å². The van der Waals surface area contributed by atoms with Crippen molar-refractivity contribution in [2.45, 2.75) is 6.42 Å². The van der Waals surface area contributed by atoms with E-state index in [1.807, 2.05) is 23.7 Å². The van der Waals surface area contributed by atoms with Gasteiger partial charge in [-0.25, -0.2) is 4.98 Å². The third-order valence-corrected chi connectivity index (χ3v) is 5.36. The summed E-state index contributed by atoms with van der Waals surface area (Å²) in [6.07, 6.45) is 2.10. The molecule has 0 unspecified atom stereocenters. The van der Waals surface area contributed by atoms with E-state index in [4.69, 9.17) is 16.9 Å². The van der Waals surface area contributed by atoms with Crippen LogP contribution in [0.1, 0.15) is 6.42 Å². The largest absolute Gasteiger partial charge is 0.346 e. The van der Waals surface area contributed by atoms with Crippen LogP contribution in [0.4, 0.5) is 10.8 Å². The van der Waals surface area contributed by atoms with Gasteiger partial charge in [-0.15, -0.1) is 11.3 Å². The van der Waals surface area contributed by atoms with E-state index in [0.717, 1.165) is 37.0 Å². The Morgan fingerprint density at radius 2 is 2.15 bits per heavy atom. The zero-order valence-electron chi connectivity index (χ0n) is 14.3. The van der Waals surface area contributed by atoms with Gasteiger partial charge in [0.25, 0.3) is 0 Å². The first-order chi connectivity index (χ1) is 12.7. The van der Waals surface area contributed by atoms with Gasteiger partial charge in [-0.2, -0.15) is 5.26 Å². The third kappa shape index (κ3) is 4.73. The van der Waals surface area contributed by atoms with E-state index < -0.39 is 0 Å². The Bertz CT molecular complexity index is 768. The van der Waals surface area contributed by atoms with Gasteiger partial charge in [0.15, 0.2) is 5.13 Å². The molecular formula is C18H20ClN5OS. The van der Waals surface area contributed by atoms with Crippen molar-refractivity contribution >= 4 is 39.7 Å². The fourth-order valence-corrected chi connectivity index (χ4v) is 3.83. The molecule has 1 fully saturated rings. The van der Waals surface area contributed by atoms with Gasteiger partial charge in [0.2, 0.25) is 5.91 Å². The number of nitriles is 1. The molecule has 1 aliphatic heterocycles.